The third-order valence-corrected chi connectivity index (χ3v) is 5.41. The molecular formula is C22H21N5O. The maximum absolute atomic E-state index is 12.6. The molecule has 2 aromatic heterocycles. The summed E-state index contributed by atoms with van der Waals surface area (Å²) in [5.74, 6) is 0.595. The van der Waals surface area contributed by atoms with Gasteiger partial charge in [-0.3, -0.25) is 9.69 Å². The second kappa shape index (κ2) is 6.65. The van der Waals surface area contributed by atoms with Crippen LogP contribution in [0, 0.1) is 0 Å². The Morgan fingerprint density at radius 2 is 1.93 bits per heavy atom. The van der Waals surface area contributed by atoms with Crippen LogP contribution < -0.4 is 11.3 Å². The van der Waals surface area contributed by atoms with Gasteiger partial charge in [-0.15, -0.1) is 0 Å². The minimum absolute atomic E-state index is 0.0384. The Labute approximate surface area is 162 Å². The number of hydrogen-bond donors (Lipinski definition) is 3. The van der Waals surface area contributed by atoms with Crippen LogP contribution in [0.3, 0.4) is 0 Å². The van der Waals surface area contributed by atoms with Crippen LogP contribution in [0.2, 0.25) is 0 Å². The lowest BCUT2D eigenvalue weighted by molar-refractivity contribution is 0.241. The number of nitrogens with zero attached hydrogens (tertiary/aromatic N) is 2. The number of aromatic nitrogens is 3. The highest BCUT2D eigenvalue weighted by Crippen LogP contribution is 2.23. The first-order chi connectivity index (χ1) is 13.7. The third-order valence-electron chi connectivity index (χ3n) is 5.41. The molecule has 1 aliphatic heterocycles. The molecule has 6 nitrogen and oxygen atoms in total. The summed E-state index contributed by atoms with van der Waals surface area (Å²) in [6.45, 7) is 2.34. The minimum Gasteiger partial charge on any atom is -0.399 e. The molecule has 28 heavy (non-hydrogen) atoms. The van der Waals surface area contributed by atoms with E-state index in [0.29, 0.717) is 24.5 Å². The summed E-state index contributed by atoms with van der Waals surface area (Å²) in [6.07, 6.45) is 2.78. The Morgan fingerprint density at radius 1 is 1.11 bits per heavy atom. The molecule has 0 unspecified atom stereocenters. The van der Waals surface area contributed by atoms with Crippen LogP contribution in [-0.4, -0.2) is 26.4 Å². The topological polar surface area (TPSA) is 90.8 Å². The van der Waals surface area contributed by atoms with Crippen molar-refractivity contribution in [3.05, 3.63) is 81.9 Å². The van der Waals surface area contributed by atoms with Crippen molar-refractivity contribution in [3.8, 4) is 11.4 Å². The number of aromatic amines is 2. The van der Waals surface area contributed by atoms with Gasteiger partial charge in [0.25, 0.3) is 5.56 Å². The zero-order valence-corrected chi connectivity index (χ0v) is 15.4. The highest BCUT2D eigenvalue weighted by molar-refractivity contribution is 5.82. The molecule has 0 radical (unpaired) electrons. The SMILES string of the molecule is Nc1ccc(-c2nc3c(c(=O)[nH]2)CCN(Cc2c[nH]c4ccccc24)C3)cc1. The molecule has 5 rings (SSSR count). The molecule has 0 saturated carbocycles. The fourth-order valence-corrected chi connectivity index (χ4v) is 3.91. The first-order valence-corrected chi connectivity index (χ1v) is 9.43. The van der Waals surface area contributed by atoms with Crippen molar-refractivity contribution in [1.29, 1.82) is 0 Å². The molecule has 140 valence electrons. The average molecular weight is 371 g/mol. The van der Waals surface area contributed by atoms with E-state index >= 15 is 0 Å². The van der Waals surface area contributed by atoms with Crippen molar-refractivity contribution in [2.75, 3.05) is 12.3 Å². The summed E-state index contributed by atoms with van der Waals surface area (Å²) in [6, 6.07) is 15.7. The van der Waals surface area contributed by atoms with Crippen LogP contribution in [0.5, 0.6) is 0 Å². The van der Waals surface area contributed by atoms with E-state index in [1.54, 1.807) is 0 Å². The van der Waals surface area contributed by atoms with E-state index in [1.807, 2.05) is 30.3 Å². The van der Waals surface area contributed by atoms with Crippen LogP contribution in [0.25, 0.3) is 22.3 Å². The lowest BCUT2D eigenvalue weighted by atomic mass is 10.0. The summed E-state index contributed by atoms with van der Waals surface area (Å²) < 4.78 is 0. The Balaban J connectivity index is 1.44. The summed E-state index contributed by atoms with van der Waals surface area (Å²) in [5, 5.41) is 1.25. The van der Waals surface area contributed by atoms with Gasteiger partial charge in [0.05, 0.1) is 5.69 Å². The number of rotatable bonds is 3. The van der Waals surface area contributed by atoms with Crippen LogP contribution in [0.1, 0.15) is 16.8 Å². The lowest BCUT2D eigenvalue weighted by Crippen LogP contribution is -2.35. The number of hydrogen-bond acceptors (Lipinski definition) is 4. The summed E-state index contributed by atoms with van der Waals surface area (Å²) >= 11 is 0. The molecule has 0 atom stereocenters. The van der Waals surface area contributed by atoms with Gasteiger partial charge in [0.15, 0.2) is 0 Å². The molecule has 3 heterocycles. The molecule has 4 aromatic rings. The predicted molar refractivity (Wildman–Crippen MR) is 111 cm³/mol. The summed E-state index contributed by atoms with van der Waals surface area (Å²) in [4.78, 5) is 26.0. The molecule has 4 N–H and O–H groups in total. The zero-order chi connectivity index (χ0) is 19.1. The zero-order valence-electron chi connectivity index (χ0n) is 15.4. The Kier molecular flexibility index (Phi) is 3.98. The van der Waals surface area contributed by atoms with Gasteiger partial charge in [0.1, 0.15) is 5.82 Å². The second-order valence-electron chi connectivity index (χ2n) is 7.28. The fourth-order valence-electron chi connectivity index (χ4n) is 3.91. The van der Waals surface area contributed by atoms with E-state index in [9.17, 15) is 4.79 Å². The van der Waals surface area contributed by atoms with Gasteiger partial charge in [0.2, 0.25) is 0 Å². The molecule has 2 aromatic carbocycles. The molecular weight excluding hydrogens is 350 g/mol. The number of nitrogens with one attached hydrogen (secondary N) is 2. The highest BCUT2D eigenvalue weighted by atomic mass is 16.1. The Hall–Kier alpha value is -3.38. The van der Waals surface area contributed by atoms with Gasteiger partial charge in [0, 0.05) is 53.5 Å². The Bertz CT molecular complexity index is 1210. The molecule has 0 saturated heterocycles. The maximum atomic E-state index is 12.6. The van der Waals surface area contributed by atoms with Crippen molar-refractivity contribution in [2.24, 2.45) is 0 Å². The van der Waals surface area contributed by atoms with Crippen molar-refractivity contribution in [3.63, 3.8) is 0 Å². The van der Waals surface area contributed by atoms with Crippen molar-refractivity contribution in [2.45, 2.75) is 19.5 Å². The van der Waals surface area contributed by atoms with Gasteiger partial charge in [-0.2, -0.15) is 0 Å². The van der Waals surface area contributed by atoms with E-state index in [2.05, 4.69) is 39.3 Å². The minimum atomic E-state index is -0.0384. The summed E-state index contributed by atoms with van der Waals surface area (Å²) in [7, 11) is 0. The van der Waals surface area contributed by atoms with Crippen molar-refractivity contribution < 1.29 is 0 Å². The molecule has 1 aliphatic rings. The van der Waals surface area contributed by atoms with E-state index < -0.39 is 0 Å². The molecule has 0 fully saturated rings. The maximum Gasteiger partial charge on any atom is 0.254 e. The van der Waals surface area contributed by atoms with E-state index in [-0.39, 0.29) is 5.56 Å². The van der Waals surface area contributed by atoms with E-state index in [0.717, 1.165) is 35.4 Å². The largest absolute Gasteiger partial charge is 0.399 e. The number of H-pyrrole nitrogens is 2. The van der Waals surface area contributed by atoms with Crippen LogP contribution in [0.15, 0.2) is 59.5 Å². The van der Waals surface area contributed by atoms with Crippen molar-refractivity contribution >= 4 is 16.6 Å². The molecule has 0 bridgehead atoms. The smallest absolute Gasteiger partial charge is 0.254 e. The summed E-state index contributed by atoms with van der Waals surface area (Å²) in [5.41, 5.74) is 11.4. The number of nitrogens with two attached hydrogens (primary N) is 1. The van der Waals surface area contributed by atoms with Gasteiger partial charge in [-0.1, -0.05) is 18.2 Å². The molecule has 0 amide bonds. The molecule has 0 aliphatic carbocycles. The molecule has 0 spiro atoms. The quantitative estimate of drug-likeness (QED) is 0.483. The molecule has 6 heteroatoms. The fraction of sp³-hybridized carbons (Fsp3) is 0.182. The first-order valence-electron chi connectivity index (χ1n) is 9.43. The van der Waals surface area contributed by atoms with Gasteiger partial charge >= 0.3 is 0 Å². The third kappa shape index (κ3) is 2.97. The Morgan fingerprint density at radius 3 is 2.79 bits per heavy atom. The predicted octanol–water partition coefficient (Wildman–Crippen LogP) is 3.06. The number of fused-ring (bicyclic) bond motifs is 2. The van der Waals surface area contributed by atoms with Gasteiger partial charge < -0.3 is 15.7 Å². The van der Waals surface area contributed by atoms with E-state index in [1.165, 1.54) is 10.9 Å². The number of para-hydroxylation sites is 1. The number of nitrogen functional groups attached to an aromatic ring is 1. The van der Waals surface area contributed by atoms with Crippen molar-refractivity contribution in [1.82, 2.24) is 19.9 Å². The normalized spacial score (nSPS) is 14.3. The van der Waals surface area contributed by atoms with Crippen LogP contribution in [-0.2, 0) is 19.5 Å². The average Bonchev–Trinajstić information content (AvgIpc) is 3.11. The highest BCUT2D eigenvalue weighted by Gasteiger charge is 2.22. The standard InChI is InChI=1S/C22H21N5O/c23-16-7-5-14(6-8-16)21-25-20-13-27(10-9-18(20)22(28)26-21)12-15-11-24-19-4-2-1-3-17(15)19/h1-8,11,24H,9-10,12-13,23H2,(H,25,26,28). The number of anilines is 1. The van der Waals surface area contributed by atoms with E-state index in [4.69, 9.17) is 10.7 Å². The van der Waals surface area contributed by atoms with Crippen LogP contribution in [0.4, 0.5) is 5.69 Å². The monoisotopic (exact) mass is 371 g/mol. The van der Waals surface area contributed by atoms with Gasteiger partial charge in [-0.05, 0) is 42.3 Å². The van der Waals surface area contributed by atoms with Crippen LogP contribution >= 0.6 is 0 Å². The second-order valence-corrected chi connectivity index (χ2v) is 7.28. The lowest BCUT2D eigenvalue weighted by Gasteiger charge is -2.27. The number of benzene rings is 2. The van der Waals surface area contributed by atoms with Gasteiger partial charge in [-0.25, -0.2) is 4.98 Å². The first kappa shape index (κ1) is 16.8.